The van der Waals surface area contributed by atoms with Gasteiger partial charge in [-0.3, -0.25) is 15.0 Å². The first-order valence-electron chi connectivity index (χ1n) is 6.01. The summed E-state index contributed by atoms with van der Waals surface area (Å²) in [7, 11) is 3.50. The normalized spacial score (nSPS) is 10.9. The van der Waals surface area contributed by atoms with Crippen molar-refractivity contribution in [3.8, 4) is 0 Å². The van der Waals surface area contributed by atoms with Crippen LogP contribution in [0, 0.1) is 6.92 Å². The maximum atomic E-state index is 11.8. The highest BCUT2D eigenvalue weighted by Gasteiger charge is 2.14. The summed E-state index contributed by atoms with van der Waals surface area (Å²) in [6, 6.07) is 0. The molecule has 1 aromatic heterocycles. The zero-order chi connectivity index (χ0) is 13.5. The number of nitrogens with one attached hydrogen (secondary N) is 1. The molecule has 0 atom stereocenters. The molecule has 0 aromatic carbocycles. The standard InChI is InChI=1S/C12H21N3O3/c1-5-10-9(2)14-18-12(10)13-11(16)8-15(3)6-7-17-4/h5-8H2,1-4H3,(H,13,16). The molecule has 0 fully saturated rings. The van der Waals surface area contributed by atoms with Crippen molar-refractivity contribution in [2.45, 2.75) is 20.3 Å². The first-order chi connectivity index (χ1) is 8.58. The second-order valence-corrected chi connectivity index (χ2v) is 4.21. The van der Waals surface area contributed by atoms with Crippen LogP contribution in [0.5, 0.6) is 0 Å². The van der Waals surface area contributed by atoms with Crippen molar-refractivity contribution in [2.24, 2.45) is 0 Å². The fourth-order valence-electron chi connectivity index (χ4n) is 1.64. The molecule has 18 heavy (non-hydrogen) atoms. The van der Waals surface area contributed by atoms with Gasteiger partial charge in [-0.2, -0.15) is 0 Å². The highest BCUT2D eigenvalue weighted by atomic mass is 16.5. The number of nitrogens with zero attached hydrogens (tertiary/aromatic N) is 2. The summed E-state index contributed by atoms with van der Waals surface area (Å²) in [5, 5.41) is 6.58. The summed E-state index contributed by atoms with van der Waals surface area (Å²) in [5.74, 6) is 0.347. The Hall–Kier alpha value is -1.40. The van der Waals surface area contributed by atoms with Gasteiger partial charge >= 0.3 is 0 Å². The Morgan fingerprint density at radius 1 is 1.56 bits per heavy atom. The lowest BCUT2D eigenvalue weighted by Crippen LogP contribution is -2.32. The van der Waals surface area contributed by atoms with Gasteiger partial charge in [-0.25, -0.2) is 0 Å². The van der Waals surface area contributed by atoms with Gasteiger partial charge in [-0.05, 0) is 20.4 Å². The molecule has 6 heteroatoms. The minimum Gasteiger partial charge on any atom is -0.383 e. The number of hydrogen-bond acceptors (Lipinski definition) is 5. The quantitative estimate of drug-likeness (QED) is 0.789. The van der Waals surface area contributed by atoms with Gasteiger partial charge in [0.05, 0.1) is 18.8 Å². The van der Waals surface area contributed by atoms with E-state index in [9.17, 15) is 4.79 Å². The first-order valence-corrected chi connectivity index (χ1v) is 6.01. The molecule has 0 bridgehead atoms. The molecular weight excluding hydrogens is 234 g/mol. The zero-order valence-corrected chi connectivity index (χ0v) is 11.4. The topological polar surface area (TPSA) is 67.6 Å². The van der Waals surface area contributed by atoms with Gasteiger partial charge in [0.2, 0.25) is 11.8 Å². The lowest BCUT2D eigenvalue weighted by Gasteiger charge is -2.14. The zero-order valence-electron chi connectivity index (χ0n) is 11.4. The number of methoxy groups -OCH3 is 1. The fraction of sp³-hybridized carbons (Fsp3) is 0.667. The predicted molar refractivity (Wildman–Crippen MR) is 68.6 cm³/mol. The van der Waals surface area contributed by atoms with Gasteiger partial charge in [0.1, 0.15) is 0 Å². The second kappa shape index (κ2) is 7.13. The van der Waals surface area contributed by atoms with Gasteiger partial charge in [0.25, 0.3) is 0 Å². The Kier molecular flexibility index (Phi) is 5.80. The van der Waals surface area contributed by atoms with Crippen LogP contribution in [0.4, 0.5) is 5.88 Å². The summed E-state index contributed by atoms with van der Waals surface area (Å²) >= 11 is 0. The molecule has 1 aromatic rings. The average Bonchev–Trinajstić information content (AvgIpc) is 2.67. The maximum Gasteiger partial charge on any atom is 0.240 e. The molecule has 0 saturated heterocycles. The number of hydrogen-bond donors (Lipinski definition) is 1. The molecule has 1 amide bonds. The minimum absolute atomic E-state index is 0.112. The van der Waals surface area contributed by atoms with Crippen molar-refractivity contribution < 1.29 is 14.1 Å². The molecule has 0 aliphatic rings. The number of likely N-dealkylation sites (N-methyl/N-ethyl adjacent to an activating group) is 1. The van der Waals surface area contributed by atoms with Crippen LogP contribution >= 0.6 is 0 Å². The number of amides is 1. The van der Waals surface area contributed by atoms with Crippen molar-refractivity contribution in [3.63, 3.8) is 0 Å². The highest BCUT2D eigenvalue weighted by molar-refractivity contribution is 5.91. The molecule has 1 rings (SSSR count). The molecule has 0 radical (unpaired) electrons. The number of aromatic nitrogens is 1. The van der Waals surface area contributed by atoms with Gasteiger partial charge in [0, 0.05) is 19.2 Å². The van der Waals surface area contributed by atoms with Crippen LogP contribution in [0.3, 0.4) is 0 Å². The number of anilines is 1. The summed E-state index contributed by atoms with van der Waals surface area (Å²) < 4.78 is 10.0. The highest BCUT2D eigenvalue weighted by Crippen LogP contribution is 2.19. The number of ether oxygens (including phenoxy) is 1. The van der Waals surface area contributed by atoms with E-state index in [2.05, 4.69) is 10.5 Å². The first kappa shape index (κ1) is 14.7. The van der Waals surface area contributed by atoms with Crippen LogP contribution < -0.4 is 5.32 Å². The molecule has 0 spiro atoms. The van der Waals surface area contributed by atoms with E-state index in [1.54, 1.807) is 7.11 Å². The van der Waals surface area contributed by atoms with Crippen LogP contribution in [0.15, 0.2) is 4.52 Å². The van der Waals surface area contributed by atoms with Gasteiger partial charge in [-0.15, -0.1) is 0 Å². The Bertz CT molecular complexity index is 390. The van der Waals surface area contributed by atoms with E-state index in [0.717, 1.165) is 17.7 Å². The Balaban J connectivity index is 2.49. The maximum absolute atomic E-state index is 11.8. The number of carbonyl (C=O) groups excluding carboxylic acids is 1. The van der Waals surface area contributed by atoms with E-state index in [1.807, 2.05) is 25.8 Å². The molecule has 0 unspecified atom stereocenters. The van der Waals surface area contributed by atoms with Crippen LogP contribution in [0.2, 0.25) is 0 Å². The second-order valence-electron chi connectivity index (χ2n) is 4.21. The summed E-state index contributed by atoms with van der Waals surface area (Å²) in [4.78, 5) is 13.7. The lowest BCUT2D eigenvalue weighted by molar-refractivity contribution is -0.117. The van der Waals surface area contributed by atoms with E-state index in [0.29, 0.717) is 25.6 Å². The van der Waals surface area contributed by atoms with Crippen LogP contribution in [-0.4, -0.2) is 49.8 Å². The molecular formula is C12H21N3O3. The minimum atomic E-state index is -0.112. The molecule has 6 nitrogen and oxygen atoms in total. The van der Waals surface area contributed by atoms with Gasteiger partial charge < -0.3 is 9.26 Å². The van der Waals surface area contributed by atoms with Crippen LogP contribution in [0.1, 0.15) is 18.2 Å². The SMILES string of the molecule is CCc1c(C)noc1NC(=O)CN(C)CCOC. The molecule has 0 aliphatic heterocycles. The van der Waals surface area contributed by atoms with E-state index >= 15 is 0 Å². The van der Waals surface area contributed by atoms with E-state index in [4.69, 9.17) is 9.26 Å². The van der Waals surface area contributed by atoms with Crippen molar-refractivity contribution in [1.29, 1.82) is 0 Å². The number of rotatable bonds is 7. The van der Waals surface area contributed by atoms with Gasteiger partial charge in [-0.1, -0.05) is 12.1 Å². The Morgan fingerprint density at radius 2 is 2.28 bits per heavy atom. The monoisotopic (exact) mass is 255 g/mol. The molecule has 102 valence electrons. The molecule has 1 heterocycles. The summed E-state index contributed by atoms with van der Waals surface area (Å²) in [5.41, 5.74) is 1.77. The molecule has 1 N–H and O–H groups in total. The Morgan fingerprint density at radius 3 is 2.89 bits per heavy atom. The van der Waals surface area contributed by atoms with Crippen LogP contribution in [-0.2, 0) is 16.0 Å². The van der Waals surface area contributed by atoms with Crippen molar-refractivity contribution in [3.05, 3.63) is 11.3 Å². The average molecular weight is 255 g/mol. The molecule has 0 saturated carbocycles. The summed E-state index contributed by atoms with van der Waals surface area (Å²) in [6.45, 7) is 5.47. The molecule has 0 aliphatic carbocycles. The van der Waals surface area contributed by atoms with Crippen molar-refractivity contribution in [2.75, 3.05) is 39.2 Å². The summed E-state index contributed by atoms with van der Waals surface area (Å²) in [6.07, 6.45) is 0.782. The smallest absolute Gasteiger partial charge is 0.240 e. The fourth-order valence-corrected chi connectivity index (χ4v) is 1.64. The third-order valence-corrected chi connectivity index (χ3v) is 2.68. The van der Waals surface area contributed by atoms with E-state index < -0.39 is 0 Å². The lowest BCUT2D eigenvalue weighted by atomic mass is 10.2. The third kappa shape index (κ3) is 4.12. The third-order valence-electron chi connectivity index (χ3n) is 2.68. The van der Waals surface area contributed by atoms with E-state index in [1.165, 1.54) is 0 Å². The van der Waals surface area contributed by atoms with Crippen molar-refractivity contribution in [1.82, 2.24) is 10.1 Å². The Labute approximate surface area is 107 Å². The number of aryl methyl sites for hydroxylation is 1. The van der Waals surface area contributed by atoms with Crippen molar-refractivity contribution >= 4 is 11.8 Å². The predicted octanol–water partition coefficient (Wildman–Crippen LogP) is 1.06. The van der Waals surface area contributed by atoms with E-state index in [-0.39, 0.29) is 5.91 Å². The van der Waals surface area contributed by atoms with Crippen LogP contribution in [0.25, 0.3) is 0 Å². The largest absolute Gasteiger partial charge is 0.383 e. The number of carbonyl (C=O) groups is 1. The van der Waals surface area contributed by atoms with Gasteiger partial charge in [0.15, 0.2) is 0 Å².